The quantitative estimate of drug-likeness (QED) is 0.767. The molecule has 28 heavy (non-hydrogen) atoms. The molecule has 7 heteroatoms. The number of amides is 1. The number of carbonyl (C=O) groups excluding carboxylic acids is 1. The molecule has 1 saturated heterocycles. The van der Waals surface area contributed by atoms with E-state index in [0.29, 0.717) is 28.9 Å². The molecule has 148 valence electrons. The average Bonchev–Trinajstić information content (AvgIpc) is 3.16. The molecule has 0 unspecified atom stereocenters. The van der Waals surface area contributed by atoms with Gasteiger partial charge in [-0.1, -0.05) is 35.3 Å². The van der Waals surface area contributed by atoms with Gasteiger partial charge in [-0.3, -0.25) is 9.69 Å². The molecular weight excluding hydrogens is 399 g/mol. The van der Waals surface area contributed by atoms with Crippen LogP contribution < -0.4 is 14.8 Å². The highest BCUT2D eigenvalue weighted by Gasteiger charge is 2.29. The van der Waals surface area contributed by atoms with E-state index in [2.05, 4.69) is 16.3 Å². The topological polar surface area (TPSA) is 50.8 Å². The van der Waals surface area contributed by atoms with Gasteiger partial charge in [-0.15, -0.1) is 0 Å². The number of aryl methyl sites for hydroxylation is 1. The Morgan fingerprint density at radius 2 is 1.96 bits per heavy atom. The summed E-state index contributed by atoms with van der Waals surface area (Å²) in [6, 6.07) is 9.79. The highest BCUT2D eigenvalue weighted by atomic mass is 35.5. The smallest absolute Gasteiger partial charge is 0.238 e. The standard InChI is InChI=1S/C21H22Cl2N2O3/c1-13-4-6-15(22)21(20(13)23)24-19(26)12-25-8-2-3-16(25)14-5-7-17-18(11-14)28-10-9-27-17/h4-7,11,16H,2-3,8-10,12H2,1H3,(H,24,26)/t16-/m0/s1. The molecule has 2 aliphatic heterocycles. The van der Waals surface area contributed by atoms with Gasteiger partial charge in [0.15, 0.2) is 11.5 Å². The van der Waals surface area contributed by atoms with Crippen LogP contribution in [-0.2, 0) is 4.79 Å². The number of anilines is 1. The van der Waals surface area contributed by atoms with E-state index in [1.807, 2.05) is 25.1 Å². The Kier molecular flexibility index (Phi) is 5.67. The van der Waals surface area contributed by atoms with E-state index in [1.165, 1.54) is 0 Å². The van der Waals surface area contributed by atoms with Crippen LogP contribution in [0.25, 0.3) is 0 Å². The lowest BCUT2D eigenvalue weighted by Crippen LogP contribution is -2.33. The summed E-state index contributed by atoms with van der Waals surface area (Å²) < 4.78 is 11.3. The minimum absolute atomic E-state index is 0.126. The summed E-state index contributed by atoms with van der Waals surface area (Å²) >= 11 is 12.5. The van der Waals surface area contributed by atoms with Gasteiger partial charge in [0.05, 0.1) is 22.3 Å². The molecule has 1 atom stereocenters. The first-order valence-corrected chi connectivity index (χ1v) is 10.2. The molecule has 2 aromatic rings. The zero-order valence-corrected chi connectivity index (χ0v) is 17.1. The number of nitrogens with one attached hydrogen (secondary N) is 1. The van der Waals surface area contributed by atoms with E-state index in [1.54, 1.807) is 6.07 Å². The molecule has 2 aliphatic rings. The van der Waals surface area contributed by atoms with E-state index in [9.17, 15) is 4.79 Å². The van der Waals surface area contributed by atoms with Crippen LogP contribution in [0.4, 0.5) is 5.69 Å². The predicted octanol–water partition coefficient (Wildman–Crippen LogP) is 4.85. The summed E-state index contributed by atoms with van der Waals surface area (Å²) in [7, 11) is 0. The first-order chi connectivity index (χ1) is 13.5. The number of benzene rings is 2. The van der Waals surface area contributed by atoms with Crippen LogP contribution in [0.15, 0.2) is 30.3 Å². The molecular formula is C21H22Cl2N2O3. The number of carbonyl (C=O) groups is 1. The molecule has 2 heterocycles. The van der Waals surface area contributed by atoms with Crippen LogP contribution in [0.2, 0.25) is 10.0 Å². The third kappa shape index (κ3) is 3.93. The summed E-state index contributed by atoms with van der Waals surface area (Å²) in [4.78, 5) is 14.9. The average molecular weight is 421 g/mol. The van der Waals surface area contributed by atoms with Crippen LogP contribution in [0, 0.1) is 6.92 Å². The lowest BCUT2D eigenvalue weighted by Gasteiger charge is -2.26. The number of halogens is 2. The van der Waals surface area contributed by atoms with Gasteiger partial charge in [0.2, 0.25) is 5.91 Å². The van der Waals surface area contributed by atoms with Crippen LogP contribution in [0.1, 0.15) is 30.0 Å². The van der Waals surface area contributed by atoms with E-state index >= 15 is 0 Å². The van der Waals surface area contributed by atoms with E-state index in [-0.39, 0.29) is 18.5 Å². The first kappa shape index (κ1) is 19.4. The van der Waals surface area contributed by atoms with Gasteiger partial charge in [-0.2, -0.15) is 0 Å². The van der Waals surface area contributed by atoms with Crippen LogP contribution in [-0.4, -0.2) is 37.1 Å². The molecule has 0 aliphatic carbocycles. The molecule has 4 rings (SSSR count). The Balaban J connectivity index is 1.47. The summed E-state index contributed by atoms with van der Waals surface area (Å²) in [6.45, 7) is 4.16. The Hall–Kier alpha value is -1.95. The zero-order valence-electron chi connectivity index (χ0n) is 15.6. The second-order valence-corrected chi connectivity index (χ2v) is 7.92. The van der Waals surface area contributed by atoms with Gasteiger partial charge in [0.1, 0.15) is 13.2 Å². The van der Waals surface area contributed by atoms with E-state index in [0.717, 1.165) is 42.0 Å². The first-order valence-electron chi connectivity index (χ1n) is 9.41. The largest absolute Gasteiger partial charge is 0.486 e. The van der Waals surface area contributed by atoms with Gasteiger partial charge < -0.3 is 14.8 Å². The van der Waals surface area contributed by atoms with Crippen LogP contribution in [0.3, 0.4) is 0 Å². The van der Waals surface area contributed by atoms with Crippen LogP contribution in [0.5, 0.6) is 11.5 Å². The van der Waals surface area contributed by atoms with Crippen LogP contribution >= 0.6 is 23.2 Å². The molecule has 1 amide bonds. The van der Waals surface area contributed by atoms with Crippen molar-refractivity contribution in [3.8, 4) is 11.5 Å². The summed E-state index contributed by atoms with van der Waals surface area (Å²) in [5, 5.41) is 3.80. The molecule has 0 bridgehead atoms. The minimum Gasteiger partial charge on any atom is -0.486 e. The second kappa shape index (κ2) is 8.19. The predicted molar refractivity (Wildman–Crippen MR) is 111 cm³/mol. The fourth-order valence-corrected chi connectivity index (χ4v) is 4.26. The Morgan fingerprint density at radius 1 is 1.18 bits per heavy atom. The highest BCUT2D eigenvalue weighted by Crippen LogP contribution is 2.38. The zero-order chi connectivity index (χ0) is 19.7. The second-order valence-electron chi connectivity index (χ2n) is 7.13. The fourth-order valence-electron chi connectivity index (χ4n) is 3.79. The van der Waals surface area contributed by atoms with Crippen molar-refractivity contribution in [2.24, 2.45) is 0 Å². The number of hydrogen-bond donors (Lipinski definition) is 1. The van der Waals surface area contributed by atoms with Crippen molar-refractivity contribution >= 4 is 34.8 Å². The summed E-state index contributed by atoms with van der Waals surface area (Å²) in [6.07, 6.45) is 2.04. The summed E-state index contributed by atoms with van der Waals surface area (Å²) in [5.41, 5.74) is 2.49. The fraction of sp³-hybridized carbons (Fsp3) is 0.381. The van der Waals surface area contributed by atoms with Crippen molar-refractivity contribution in [1.29, 1.82) is 0 Å². The van der Waals surface area contributed by atoms with Gasteiger partial charge >= 0.3 is 0 Å². The van der Waals surface area contributed by atoms with E-state index in [4.69, 9.17) is 32.7 Å². The SMILES string of the molecule is Cc1ccc(Cl)c(NC(=O)CN2CCC[C@H]2c2ccc3c(c2)OCCO3)c1Cl. The minimum atomic E-state index is -0.126. The molecule has 0 aromatic heterocycles. The normalized spacial score (nSPS) is 18.9. The van der Waals surface area contributed by atoms with Crippen molar-refractivity contribution in [3.63, 3.8) is 0 Å². The Bertz CT molecular complexity index is 903. The molecule has 0 saturated carbocycles. The van der Waals surface area contributed by atoms with Crippen molar-refractivity contribution in [1.82, 2.24) is 4.90 Å². The maximum atomic E-state index is 12.7. The highest BCUT2D eigenvalue weighted by molar-refractivity contribution is 6.40. The van der Waals surface area contributed by atoms with Crippen molar-refractivity contribution in [2.45, 2.75) is 25.8 Å². The lowest BCUT2D eigenvalue weighted by atomic mass is 10.0. The lowest BCUT2D eigenvalue weighted by molar-refractivity contribution is -0.117. The Morgan fingerprint density at radius 3 is 2.79 bits per heavy atom. The third-order valence-electron chi connectivity index (χ3n) is 5.21. The van der Waals surface area contributed by atoms with Gasteiger partial charge in [0, 0.05) is 6.04 Å². The molecule has 0 radical (unpaired) electrons. The van der Waals surface area contributed by atoms with Gasteiger partial charge in [-0.05, 0) is 55.6 Å². The molecule has 2 aromatic carbocycles. The van der Waals surface area contributed by atoms with Crippen molar-refractivity contribution in [3.05, 3.63) is 51.5 Å². The number of rotatable bonds is 4. The third-order valence-corrected chi connectivity index (χ3v) is 6.01. The Labute approximate surface area is 174 Å². The number of likely N-dealkylation sites (tertiary alicyclic amines) is 1. The van der Waals surface area contributed by atoms with Gasteiger partial charge in [0.25, 0.3) is 0 Å². The number of nitrogens with zero attached hydrogens (tertiary/aromatic N) is 1. The molecule has 1 N–H and O–H groups in total. The molecule has 1 fully saturated rings. The molecule has 5 nitrogen and oxygen atoms in total. The number of hydrogen-bond acceptors (Lipinski definition) is 4. The monoisotopic (exact) mass is 420 g/mol. The van der Waals surface area contributed by atoms with E-state index < -0.39 is 0 Å². The molecule has 0 spiro atoms. The number of ether oxygens (including phenoxy) is 2. The van der Waals surface area contributed by atoms with Gasteiger partial charge in [-0.25, -0.2) is 0 Å². The number of fused-ring (bicyclic) bond motifs is 1. The summed E-state index contributed by atoms with van der Waals surface area (Å²) in [5.74, 6) is 1.43. The van der Waals surface area contributed by atoms with Crippen molar-refractivity contribution < 1.29 is 14.3 Å². The maximum absolute atomic E-state index is 12.7. The maximum Gasteiger partial charge on any atom is 0.238 e. The van der Waals surface area contributed by atoms with Crippen molar-refractivity contribution in [2.75, 3.05) is 31.6 Å².